The average molecular weight is 559 g/mol. The molecular weight excluding hydrogens is 525 g/mol. The van der Waals surface area contributed by atoms with E-state index in [4.69, 9.17) is 27.9 Å². The zero-order valence-electron chi connectivity index (χ0n) is 21.1. The van der Waals surface area contributed by atoms with Gasteiger partial charge in [-0.05, 0) is 57.0 Å². The van der Waals surface area contributed by atoms with Crippen LogP contribution in [0.1, 0.15) is 39.2 Å². The van der Waals surface area contributed by atoms with Crippen molar-refractivity contribution in [2.75, 3.05) is 24.2 Å². The summed E-state index contributed by atoms with van der Waals surface area (Å²) in [6.07, 6.45) is 1.38. The van der Waals surface area contributed by atoms with Gasteiger partial charge in [-0.1, -0.05) is 35.3 Å². The molecule has 0 heterocycles. The molecule has 0 radical (unpaired) electrons. The number of hydrogen-bond acceptors (Lipinski definition) is 5. The predicted octanol–water partition coefficient (Wildman–Crippen LogP) is 4.49. The molecule has 1 atom stereocenters. The highest BCUT2D eigenvalue weighted by molar-refractivity contribution is 7.92. The molecular formula is C25H33Cl2N3O5S. The molecule has 0 saturated carbocycles. The lowest BCUT2D eigenvalue weighted by Crippen LogP contribution is -2.49. The smallest absolute Gasteiger partial charge is 0.242 e. The first kappa shape index (κ1) is 29.7. The van der Waals surface area contributed by atoms with Crippen molar-refractivity contribution in [1.82, 2.24) is 10.2 Å². The van der Waals surface area contributed by atoms with Crippen molar-refractivity contribution >= 4 is 50.7 Å². The highest BCUT2D eigenvalue weighted by Crippen LogP contribution is 2.25. The number of carbonyl (C=O) groups is 2. The number of anilines is 1. The number of methoxy groups -OCH3 is 1. The van der Waals surface area contributed by atoms with Crippen molar-refractivity contribution < 1.29 is 22.7 Å². The topological polar surface area (TPSA) is 96.0 Å². The van der Waals surface area contributed by atoms with Crippen LogP contribution in [0.25, 0.3) is 0 Å². The monoisotopic (exact) mass is 557 g/mol. The summed E-state index contributed by atoms with van der Waals surface area (Å²) < 4.78 is 31.4. The maximum atomic E-state index is 13.3. The van der Waals surface area contributed by atoms with Crippen molar-refractivity contribution in [2.24, 2.45) is 0 Å². The maximum absolute atomic E-state index is 13.3. The van der Waals surface area contributed by atoms with Crippen molar-refractivity contribution in [2.45, 2.75) is 52.2 Å². The lowest BCUT2D eigenvalue weighted by atomic mass is 10.1. The molecule has 0 aliphatic carbocycles. The summed E-state index contributed by atoms with van der Waals surface area (Å²) in [6, 6.07) is 10.8. The quantitative estimate of drug-likeness (QED) is 0.414. The third kappa shape index (κ3) is 8.57. The van der Waals surface area contributed by atoms with Crippen LogP contribution in [-0.4, -0.2) is 57.1 Å². The number of sulfonamides is 1. The number of amides is 2. The second kappa shape index (κ2) is 13.2. The Morgan fingerprint density at radius 3 is 2.36 bits per heavy atom. The molecule has 0 bridgehead atoms. The van der Waals surface area contributed by atoms with Crippen LogP contribution < -0.4 is 14.4 Å². The van der Waals surface area contributed by atoms with Gasteiger partial charge in [0, 0.05) is 41.7 Å². The van der Waals surface area contributed by atoms with Crippen LogP contribution in [0, 0.1) is 0 Å². The van der Waals surface area contributed by atoms with Crippen molar-refractivity contribution in [1.29, 1.82) is 0 Å². The summed E-state index contributed by atoms with van der Waals surface area (Å²) in [5, 5.41) is 3.68. The first-order valence-corrected chi connectivity index (χ1v) is 14.1. The van der Waals surface area contributed by atoms with E-state index in [0.29, 0.717) is 27.0 Å². The van der Waals surface area contributed by atoms with Crippen LogP contribution in [0.3, 0.4) is 0 Å². The van der Waals surface area contributed by atoms with Gasteiger partial charge in [-0.3, -0.25) is 13.9 Å². The zero-order valence-corrected chi connectivity index (χ0v) is 23.5. The molecule has 2 aromatic carbocycles. The fraction of sp³-hybridized carbons (Fsp3) is 0.440. The highest BCUT2D eigenvalue weighted by Gasteiger charge is 2.27. The van der Waals surface area contributed by atoms with E-state index < -0.39 is 16.1 Å². The molecule has 11 heteroatoms. The zero-order chi connectivity index (χ0) is 27.0. The fourth-order valence-electron chi connectivity index (χ4n) is 3.59. The normalized spacial score (nSPS) is 12.2. The number of hydrogen-bond donors (Lipinski definition) is 1. The van der Waals surface area contributed by atoms with Crippen LogP contribution in [0.5, 0.6) is 5.75 Å². The number of ether oxygens (including phenoxy) is 1. The maximum Gasteiger partial charge on any atom is 0.242 e. The molecule has 36 heavy (non-hydrogen) atoms. The minimum absolute atomic E-state index is 0.0283. The third-order valence-corrected chi connectivity index (χ3v) is 7.23. The molecule has 2 amide bonds. The van der Waals surface area contributed by atoms with Gasteiger partial charge in [0.2, 0.25) is 21.8 Å². The molecule has 0 unspecified atom stereocenters. The van der Waals surface area contributed by atoms with Crippen LogP contribution in [-0.2, 0) is 26.2 Å². The Labute approximate surface area is 223 Å². The van der Waals surface area contributed by atoms with Crippen LogP contribution >= 0.6 is 23.2 Å². The minimum Gasteiger partial charge on any atom is -0.497 e. The predicted molar refractivity (Wildman–Crippen MR) is 144 cm³/mol. The lowest BCUT2D eigenvalue weighted by molar-refractivity contribution is -0.140. The van der Waals surface area contributed by atoms with E-state index >= 15 is 0 Å². The summed E-state index contributed by atoms with van der Waals surface area (Å²) in [6.45, 7) is 5.52. The van der Waals surface area contributed by atoms with E-state index in [1.807, 2.05) is 13.8 Å². The van der Waals surface area contributed by atoms with Crippen LogP contribution in [0.2, 0.25) is 10.0 Å². The SMILES string of the molecule is COc1cccc(N(CCCC(=O)N(Cc2ccc(Cl)cc2Cl)[C@H](C)C(=O)NC(C)C)S(C)(=O)=O)c1. The lowest BCUT2D eigenvalue weighted by Gasteiger charge is -2.30. The number of benzene rings is 2. The number of rotatable bonds is 12. The molecule has 2 rings (SSSR count). The molecule has 0 spiro atoms. The van der Waals surface area contributed by atoms with Gasteiger partial charge in [0.1, 0.15) is 11.8 Å². The van der Waals surface area contributed by atoms with Gasteiger partial charge in [-0.25, -0.2) is 8.42 Å². The average Bonchev–Trinajstić information content (AvgIpc) is 2.79. The van der Waals surface area contributed by atoms with Gasteiger partial charge in [-0.2, -0.15) is 0 Å². The van der Waals surface area contributed by atoms with Crippen molar-refractivity contribution in [3.05, 3.63) is 58.1 Å². The molecule has 0 aliphatic rings. The Hall–Kier alpha value is -2.49. The summed E-state index contributed by atoms with van der Waals surface area (Å²) in [7, 11) is -2.10. The molecule has 1 N–H and O–H groups in total. The Balaban J connectivity index is 2.21. The summed E-state index contributed by atoms with van der Waals surface area (Å²) in [5.74, 6) is -0.0719. The van der Waals surface area contributed by atoms with E-state index in [-0.39, 0.29) is 43.8 Å². The van der Waals surface area contributed by atoms with E-state index in [9.17, 15) is 18.0 Å². The van der Waals surface area contributed by atoms with Gasteiger partial charge in [0.15, 0.2) is 0 Å². The first-order valence-electron chi connectivity index (χ1n) is 11.5. The number of nitrogens with zero attached hydrogens (tertiary/aromatic N) is 2. The first-order chi connectivity index (χ1) is 16.8. The molecule has 198 valence electrons. The molecule has 2 aromatic rings. The van der Waals surface area contributed by atoms with E-state index in [1.54, 1.807) is 49.4 Å². The molecule has 0 fully saturated rings. The highest BCUT2D eigenvalue weighted by atomic mass is 35.5. The minimum atomic E-state index is -3.60. The molecule has 0 aromatic heterocycles. The molecule has 0 saturated heterocycles. The van der Waals surface area contributed by atoms with Gasteiger partial charge < -0.3 is 15.0 Å². The van der Waals surface area contributed by atoms with Gasteiger partial charge in [0.25, 0.3) is 0 Å². The van der Waals surface area contributed by atoms with E-state index in [1.165, 1.54) is 16.3 Å². The molecule has 0 aliphatic heterocycles. The summed E-state index contributed by atoms with van der Waals surface area (Å²) >= 11 is 12.3. The Bertz CT molecular complexity index is 1170. The standard InChI is InChI=1S/C25H33Cl2N3O5S/c1-17(2)28-25(32)18(3)29(16-19-11-12-20(26)14-23(19)27)24(31)10-7-13-30(36(5,33)34)21-8-6-9-22(15-21)35-4/h6,8-9,11-12,14-15,17-18H,7,10,13,16H2,1-5H3,(H,28,32)/t18-/m1/s1. The van der Waals surface area contributed by atoms with Crippen molar-refractivity contribution in [3.8, 4) is 5.75 Å². The number of halogens is 2. The van der Waals surface area contributed by atoms with Gasteiger partial charge in [-0.15, -0.1) is 0 Å². The second-order valence-electron chi connectivity index (χ2n) is 8.74. The van der Waals surface area contributed by atoms with Gasteiger partial charge in [0.05, 0.1) is 19.1 Å². The number of carbonyl (C=O) groups excluding carboxylic acids is 2. The van der Waals surface area contributed by atoms with E-state index in [2.05, 4.69) is 5.32 Å². The Kier molecular flexibility index (Phi) is 10.9. The van der Waals surface area contributed by atoms with Crippen molar-refractivity contribution in [3.63, 3.8) is 0 Å². The van der Waals surface area contributed by atoms with Gasteiger partial charge >= 0.3 is 0 Å². The molecule has 8 nitrogen and oxygen atoms in total. The van der Waals surface area contributed by atoms with Crippen LogP contribution in [0.15, 0.2) is 42.5 Å². The second-order valence-corrected chi connectivity index (χ2v) is 11.5. The largest absolute Gasteiger partial charge is 0.497 e. The Morgan fingerprint density at radius 2 is 1.78 bits per heavy atom. The Morgan fingerprint density at radius 1 is 1.08 bits per heavy atom. The third-order valence-electron chi connectivity index (χ3n) is 5.45. The summed E-state index contributed by atoms with van der Waals surface area (Å²) in [4.78, 5) is 27.5. The van der Waals surface area contributed by atoms with E-state index in [0.717, 1.165) is 6.26 Å². The number of nitrogens with one attached hydrogen (secondary N) is 1. The van der Waals surface area contributed by atoms with Crippen LogP contribution in [0.4, 0.5) is 5.69 Å². The summed E-state index contributed by atoms with van der Waals surface area (Å²) in [5.41, 5.74) is 1.09. The fourth-order valence-corrected chi connectivity index (χ4v) is 5.02.